The summed E-state index contributed by atoms with van der Waals surface area (Å²) < 4.78 is 11.8. The van der Waals surface area contributed by atoms with Gasteiger partial charge in [-0.15, -0.1) is 0 Å². The number of nitrogens with zero attached hydrogens (tertiary/aromatic N) is 2. The van der Waals surface area contributed by atoms with Crippen molar-refractivity contribution in [3.05, 3.63) is 98.5 Å². The molecule has 41 heavy (non-hydrogen) atoms. The minimum Gasteiger partial charge on any atom is -0.490 e. The van der Waals surface area contributed by atoms with E-state index in [-0.39, 0.29) is 48.2 Å². The quantitative estimate of drug-likeness (QED) is 0.201. The van der Waals surface area contributed by atoms with Crippen LogP contribution in [0.4, 0.5) is 5.69 Å². The number of ether oxygens (including phenoxy) is 2. The minimum absolute atomic E-state index is 0.0282. The molecule has 1 aliphatic carbocycles. The van der Waals surface area contributed by atoms with Gasteiger partial charge in [-0.2, -0.15) is 0 Å². The zero-order valence-electron chi connectivity index (χ0n) is 23.0. The Hall–Kier alpha value is -3.92. The lowest BCUT2D eigenvalue weighted by Gasteiger charge is -2.33. The Bertz CT molecular complexity index is 1330. The van der Waals surface area contributed by atoms with Crippen LogP contribution in [0.25, 0.3) is 0 Å². The van der Waals surface area contributed by atoms with E-state index in [9.17, 15) is 19.7 Å². The molecule has 0 unspecified atom stereocenters. The van der Waals surface area contributed by atoms with E-state index in [2.05, 4.69) is 21.2 Å². The van der Waals surface area contributed by atoms with Crippen molar-refractivity contribution in [2.45, 2.75) is 57.2 Å². The van der Waals surface area contributed by atoms with E-state index in [4.69, 9.17) is 9.47 Å². The van der Waals surface area contributed by atoms with E-state index in [0.29, 0.717) is 6.42 Å². The first-order valence-electron chi connectivity index (χ1n) is 13.7. The molecule has 216 valence electrons. The van der Waals surface area contributed by atoms with Crippen LogP contribution in [0.3, 0.4) is 0 Å². The number of nitrogens with one attached hydrogen (secondary N) is 1. The lowest BCUT2D eigenvalue weighted by molar-refractivity contribution is -0.385. The second-order valence-electron chi connectivity index (χ2n) is 10.1. The largest absolute Gasteiger partial charge is 0.490 e. The number of halogens is 1. The maximum Gasteiger partial charge on any atom is 0.311 e. The molecule has 1 N–H and O–H groups in total. The van der Waals surface area contributed by atoms with Gasteiger partial charge in [0.2, 0.25) is 11.7 Å². The van der Waals surface area contributed by atoms with E-state index in [0.717, 1.165) is 41.3 Å². The first kappa shape index (κ1) is 30.0. The first-order chi connectivity index (χ1) is 19.8. The molecule has 0 bridgehead atoms. The summed E-state index contributed by atoms with van der Waals surface area (Å²) in [6.07, 6.45) is 5.50. The van der Waals surface area contributed by atoms with Crippen molar-refractivity contribution >= 4 is 33.4 Å². The average Bonchev–Trinajstić information content (AvgIpc) is 2.99. The summed E-state index contributed by atoms with van der Waals surface area (Å²) in [6.45, 7) is -0.159. The highest BCUT2D eigenvalue weighted by Crippen LogP contribution is 2.31. The monoisotopic (exact) mass is 623 g/mol. The van der Waals surface area contributed by atoms with Crippen molar-refractivity contribution in [3.8, 4) is 11.5 Å². The second kappa shape index (κ2) is 14.6. The van der Waals surface area contributed by atoms with Gasteiger partial charge in [0, 0.05) is 35.6 Å². The number of amides is 2. The summed E-state index contributed by atoms with van der Waals surface area (Å²) in [5, 5.41) is 14.5. The van der Waals surface area contributed by atoms with E-state index < -0.39 is 11.0 Å². The second-order valence-corrected chi connectivity index (χ2v) is 11.0. The average molecular weight is 625 g/mol. The third kappa shape index (κ3) is 8.53. The topological polar surface area (TPSA) is 111 Å². The minimum atomic E-state index is -0.773. The van der Waals surface area contributed by atoms with Gasteiger partial charge in [0.25, 0.3) is 5.91 Å². The molecule has 10 heteroatoms. The van der Waals surface area contributed by atoms with Gasteiger partial charge in [-0.25, -0.2) is 0 Å². The highest BCUT2D eigenvalue weighted by Gasteiger charge is 2.32. The number of hydrogen-bond acceptors (Lipinski definition) is 6. The number of benzene rings is 3. The molecule has 2 amide bonds. The van der Waals surface area contributed by atoms with Gasteiger partial charge in [-0.05, 0) is 42.2 Å². The van der Waals surface area contributed by atoms with Crippen LogP contribution in [0, 0.1) is 10.1 Å². The molecule has 1 saturated carbocycles. The number of carbonyl (C=O) groups excluding carboxylic acids is 2. The molecule has 0 spiro atoms. The van der Waals surface area contributed by atoms with Crippen molar-refractivity contribution in [2.75, 3.05) is 13.7 Å². The Morgan fingerprint density at radius 3 is 2.39 bits per heavy atom. The van der Waals surface area contributed by atoms with Crippen LogP contribution < -0.4 is 14.8 Å². The standard InChI is InChI=1S/C31H34BrN3O6/c1-40-29-19-26(16-17-27(29)35(38)39)41-21-30(36)34(20-23-12-14-24(32)15-13-23)28(18-22-8-4-2-5-9-22)31(37)33-25-10-6-3-7-11-25/h2,4-5,8-9,12-17,19,25,28H,3,6-7,10-11,18,20-21H2,1H3,(H,33,37)/t28-/m1/s1. The molecule has 1 aliphatic rings. The zero-order valence-corrected chi connectivity index (χ0v) is 24.5. The molecule has 0 radical (unpaired) electrons. The van der Waals surface area contributed by atoms with Crippen LogP contribution in [0.2, 0.25) is 0 Å². The fraction of sp³-hybridized carbons (Fsp3) is 0.355. The molecule has 1 fully saturated rings. The van der Waals surface area contributed by atoms with Gasteiger partial charge in [0.05, 0.1) is 12.0 Å². The number of nitro benzene ring substituents is 1. The number of methoxy groups -OCH3 is 1. The molecule has 1 atom stereocenters. The predicted molar refractivity (Wildman–Crippen MR) is 159 cm³/mol. The van der Waals surface area contributed by atoms with Gasteiger partial charge < -0.3 is 19.7 Å². The van der Waals surface area contributed by atoms with Crippen LogP contribution in [0.15, 0.2) is 77.3 Å². The molecule has 0 saturated heterocycles. The Morgan fingerprint density at radius 1 is 1.02 bits per heavy atom. The van der Waals surface area contributed by atoms with Gasteiger partial charge in [-0.3, -0.25) is 19.7 Å². The molecule has 0 aliphatic heterocycles. The van der Waals surface area contributed by atoms with E-state index in [1.54, 1.807) is 4.90 Å². The summed E-state index contributed by atoms with van der Waals surface area (Å²) in [5.41, 5.74) is 1.60. The summed E-state index contributed by atoms with van der Waals surface area (Å²) in [7, 11) is 1.33. The molecule has 0 aromatic heterocycles. The fourth-order valence-corrected chi connectivity index (χ4v) is 5.28. The summed E-state index contributed by atoms with van der Waals surface area (Å²) in [6, 6.07) is 20.6. The van der Waals surface area contributed by atoms with Crippen LogP contribution >= 0.6 is 15.9 Å². The third-order valence-corrected chi connectivity index (χ3v) is 7.73. The van der Waals surface area contributed by atoms with E-state index in [1.165, 1.54) is 31.7 Å². The SMILES string of the molecule is COc1cc(OCC(=O)N(Cc2ccc(Br)cc2)[C@H](Cc2ccccc2)C(=O)NC2CCCCC2)ccc1[N+](=O)[O-]. The Labute approximate surface area is 248 Å². The Kier molecular flexibility index (Phi) is 10.7. The highest BCUT2D eigenvalue weighted by molar-refractivity contribution is 9.10. The van der Waals surface area contributed by atoms with Crippen LogP contribution in [0.5, 0.6) is 11.5 Å². The van der Waals surface area contributed by atoms with Gasteiger partial charge in [0.1, 0.15) is 11.8 Å². The van der Waals surface area contributed by atoms with Gasteiger partial charge in [0.15, 0.2) is 6.61 Å². The number of rotatable bonds is 12. The van der Waals surface area contributed by atoms with E-state index >= 15 is 0 Å². The summed E-state index contributed by atoms with van der Waals surface area (Å²) in [5.74, 6) is -0.302. The van der Waals surface area contributed by atoms with Crippen LogP contribution in [-0.2, 0) is 22.6 Å². The van der Waals surface area contributed by atoms with Gasteiger partial charge in [-0.1, -0.05) is 77.7 Å². The molecule has 9 nitrogen and oxygen atoms in total. The number of hydrogen-bond donors (Lipinski definition) is 1. The Balaban J connectivity index is 1.61. The van der Waals surface area contributed by atoms with Crippen molar-refractivity contribution in [1.82, 2.24) is 10.2 Å². The highest BCUT2D eigenvalue weighted by atomic mass is 79.9. The maximum atomic E-state index is 13.8. The van der Waals surface area contributed by atoms with Crippen molar-refractivity contribution < 1.29 is 24.0 Å². The Morgan fingerprint density at radius 2 is 1.73 bits per heavy atom. The number of carbonyl (C=O) groups is 2. The smallest absolute Gasteiger partial charge is 0.311 e. The molecular formula is C31H34BrN3O6. The van der Waals surface area contributed by atoms with E-state index in [1.807, 2.05) is 54.6 Å². The molecule has 3 aromatic carbocycles. The predicted octanol–water partition coefficient (Wildman–Crippen LogP) is 5.83. The summed E-state index contributed by atoms with van der Waals surface area (Å²) >= 11 is 3.45. The van der Waals surface area contributed by atoms with Crippen molar-refractivity contribution in [3.63, 3.8) is 0 Å². The zero-order chi connectivity index (χ0) is 29.2. The molecular weight excluding hydrogens is 590 g/mol. The van der Waals surface area contributed by atoms with Crippen LogP contribution in [0.1, 0.15) is 43.2 Å². The molecule has 4 rings (SSSR count). The van der Waals surface area contributed by atoms with Crippen molar-refractivity contribution in [2.24, 2.45) is 0 Å². The summed E-state index contributed by atoms with van der Waals surface area (Å²) in [4.78, 5) is 39.9. The van der Waals surface area contributed by atoms with Crippen molar-refractivity contribution in [1.29, 1.82) is 0 Å². The lowest BCUT2D eigenvalue weighted by Crippen LogP contribution is -2.53. The van der Waals surface area contributed by atoms with Gasteiger partial charge >= 0.3 is 5.69 Å². The molecule has 3 aromatic rings. The normalized spacial score (nSPS) is 14.1. The lowest BCUT2D eigenvalue weighted by atomic mass is 9.94. The molecule has 0 heterocycles. The van der Waals surface area contributed by atoms with Crippen LogP contribution in [-0.4, -0.2) is 47.4 Å². The number of nitro groups is 1. The maximum absolute atomic E-state index is 13.8. The fourth-order valence-electron chi connectivity index (χ4n) is 5.01. The third-order valence-electron chi connectivity index (χ3n) is 7.20. The first-order valence-corrected chi connectivity index (χ1v) is 14.5.